The van der Waals surface area contributed by atoms with Crippen molar-refractivity contribution in [2.45, 2.75) is 5.92 Å². The lowest BCUT2D eigenvalue weighted by Gasteiger charge is -2.15. The van der Waals surface area contributed by atoms with Gasteiger partial charge in [-0.1, -0.05) is 114 Å². The molecule has 2 heterocycles. The molecule has 0 amide bonds. The molecule has 0 radical (unpaired) electrons. The first-order valence-corrected chi connectivity index (χ1v) is 14.2. The molecule has 0 bridgehead atoms. The van der Waals surface area contributed by atoms with Crippen LogP contribution in [0.5, 0.6) is 0 Å². The number of thiazole rings is 1. The van der Waals surface area contributed by atoms with Gasteiger partial charge in [0.1, 0.15) is 0 Å². The lowest BCUT2D eigenvalue weighted by molar-refractivity contribution is 1.02. The molecule has 1 aliphatic carbocycles. The third-order valence-electron chi connectivity index (χ3n) is 8.31. The van der Waals surface area contributed by atoms with E-state index in [-0.39, 0.29) is 5.92 Å². The van der Waals surface area contributed by atoms with Gasteiger partial charge < -0.3 is 0 Å². The highest BCUT2D eigenvalue weighted by Gasteiger charge is 2.32. The Morgan fingerprint density at radius 2 is 1.36 bits per heavy atom. The molecule has 0 aliphatic heterocycles. The van der Waals surface area contributed by atoms with Crippen LogP contribution in [0.2, 0.25) is 0 Å². The second-order valence-electron chi connectivity index (χ2n) is 10.3. The molecule has 6 aromatic carbocycles. The number of nitrogens with zero attached hydrogens (tertiary/aromatic N) is 2. The number of benzene rings is 6. The van der Waals surface area contributed by atoms with Crippen LogP contribution < -0.4 is 0 Å². The first-order chi connectivity index (χ1) is 19.4. The molecule has 2 nitrogen and oxygen atoms in total. The van der Waals surface area contributed by atoms with Crippen molar-refractivity contribution < 1.29 is 0 Å². The predicted molar refractivity (Wildman–Crippen MR) is 164 cm³/mol. The Kier molecular flexibility index (Phi) is 4.29. The normalized spacial score (nSPS) is 14.4. The summed E-state index contributed by atoms with van der Waals surface area (Å²) in [6, 6.07) is 46.4. The average Bonchev–Trinajstić information content (AvgIpc) is 3.67. The second kappa shape index (κ2) is 7.89. The van der Waals surface area contributed by atoms with Crippen LogP contribution in [0, 0.1) is 0 Å². The van der Waals surface area contributed by atoms with Crippen molar-refractivity contribution in [3.63, 3.8) is 0 Å². The van der Waals surface area contributed by atoms with Crippen molar-refractivity contribution in [2.75, 3.05) is 0 Å². The van der Waals surface area contributed by atoms with Gasteiger partial charge in [0.05, 0.1) is 21.3 Å². The van der Waals surface area contributed by atoms with Crippen molar-refractivity contribution in [1.82, 2.24) is 9.55 Å². The summed E-state index contributed by atoms with van der Waals surface area (Å²) >= 11 is 1.75. The molecule has 0 N–H and O–H groups in total. The van der Waals surface area contributed by atoms with Crippen LogP contribution in [0.25, 0.3) is 59.1 Å². The molecule has 182 valence electrons. The van der Waals surface area contributed by atoms with Crippen LogP contribution in [0.3, 0.4) is 0 Å². The largest absolute Gasteiger partial charge is 0.285 e. The maximum absolute atomic E-state index is 5.08. The van der Waals surface area contributed by atoms with Crippen molar-refractivity contribution in [2.24, 2.45) is 0 Å². The van der Waals surface area contributed by atoms with E-state index in [4.69, 9.17) is 4.98 Å². The summed E-state index contributed by atoms with van der Waals surface area (Å²) in [5.74, 6) is 0.231. The molecule has 1 atom stereocenters. The van der Waals surface area contributed by atoms with E-state index in [1.165, 1.54) is 65.1 Å². The van der Waals surface area contributed by atoms with Crippen LogP contribution in [0.4, 0.5) is 0 Å². The molecule has 9 rings (SSSR count). The number of hydrogen-bond acceptors (Lipinski definition) is 2. The van der Waals surface area contributed by atoms with E-state index in [1.54, 1.807) is 11.3 Å². The zero-order valence-electron chi connectivity index (χ0n) is 21.0. The van der Waals surface area contributed by atoms with Gasteiger partial charge in [-0.05, 0) is 62.9 Å². The number of fused-ring (bicyclic) bond motifs is 10. The molecule has 0 spiro atoms. The Bertz CT molecular complexity index is 2200. The standard InChI is InChI=1S/C36H22N2S/c1-2-10-22(11-3-1)32-24-12-4-5-13-25(24)34-27(32)20-18-23-19-21-30-35(33(23)34)26-14-6-8-16-29(26)38(30)36-37-28-15-7-9-17-31(28)39-36/h1-21,32H. The third-order valence-corrected chi connectivity index (χ3v) is 9.33. The minimum absolute atomic E-state index is 0.231. The number of hydrogen-bond donors (Lipinski definition) is 0. The minimum Gasteiger partial charge on any atom is -0.285 e. The van der Waals surface area contributed by atoms with Gasteiger partial charge in [-0.15, -0.1) is 0 Å². The molecule has 3 heteroatoms. The smallest absolute Gasteiger partial charge is 0.195 e. The van der Waals surface area contributed by atoms with Crippen molar-refractivity contribution in [3.8, 4) is 16.3 Å². The Morgan fingerprint density at radius 3 is 2.28 bits per heavy atom. The summed E-state index contributed by atoms with van der Waals surface area (Å²) in [5.41, 5.74) is 10.3. The molecular formula is C36H22N2S. The van der Waals surface area contributed by atoms with Crippen molar-refractivity contribution in [1.29, 1.82) is 0 Å². The monoisotopic (exact) mass is 514 g/mol. The molecule has 0 fully saturated rings. The topological polar surface area (TPSA) is 17.8 Å². The molecule has 1 unspecified atom stereocenters. The highest BCUT2D eigenvalue weighted by Crippen LogP contribution is 2.52. The number of rotatable bonds is 2. The zero-order valence-corrected chi connectivity index (χ0v) is 21.8. The lowest BCUT2D eigenvalue weighted by atomic mass is 9.88. The first kappa shape index (κ1) is 21.2. The SMILES string of the molecule is c1ccc(C2c3ccccc3-c3c2ccc2ccc4c(c5ccccc5n4-c4nc5ccccc5s4)c32)cc1. The summed E-state index contributed by atoms with van der Waals surface area (Å²) in [7, 11) is 0. The van der Waals surface area contributed by atoms with Crippen LogP contribution in [-0.4, -0.2) is 9.55 Å². The summed E-state index contributed by atoms with van der Waals surface area (Å²) < 4.78 is 3.57. The van der Waals surface area contributed by atoms with Gasteiger partial charge >= 0.3 is 0 Å². The Balaban J connectivity index is 1.45. The average molecular weight is 515 g/mol. The van der Waals surface area contributed by atoms with Gasteiger partial charge in [-0.2, -0.15) is 0 Å². The molecule has 0 saturated heterocycles. The van der Waals surface area contributed by atoms with Gasteiger partial charge in [0.2, 0.25) is 0 Å². The fourth-order valence-corrected chi connectivity index (χ4v) is 7.73. The Morgan fingerprint density at radius 1 is 0.590 bits per heavy atom. The molecule has 0 saturated carbocycles. The van der Waals surface area contributed by atoms with E-state index >= 15 is 0 Å². The van der Waals surface area contributed by atoms with Gasteiger partial charge in [-0.25, -0.2) is 4.98 Å². The zero-order chi connectivity index (χ0) is 25.5. The summed E-state index contributed by atoms with van der Waals surface area (Å²) in [4.78, 5) is 5.08. The van der Waals surface area contributed by atoms with Crippen LogP contribution in [-0.2, 0) is 0 Å². The first-order valence-electron chi connectivity index (χ1n) is 13.4. The summed E-state index contributed by atoms with van der Waals surface area (Å²) in [6.07, 6.45) is 0. The molecule has 2 aromatic heterocycles. The molecule has 8 aromatic rings. The minimum atomic E-state index is 0.231. The number of aromatic nitrogens is 2. The summed E-state index contributed by atoms with van der Waals surface area (Å²) in [6.45, 7) is 0. The van der Waals surface area contributed by atoms with Gasteiger partial charge in [-0.3, -0.25) is 4.57 Å². The van der Waals surface area contributed by atoms with Crippen LogP contribution >= 0.6 is 11.3 Å². The number of para-hydroxylation sites is 2. The van der Waals surface area contributed by atoms with E-state index in [0.717, 1.165) is 10.6 Å². The van der Waals surface area contributed by atoms with E-state index < -0.39 is 0 Å². The van der Waals surface area contributed by atoms with E-state index in [1.807, 2.05) is 0 Å². The van der Waals surface area contributed by atoms with E-state index in [2.05, 4.69) is 132 Å². The molecular weight excluding hydrogens is 492 g/mol. The molecule has 39 heavy (non-hydrogen) atoms. The Labute approximate surface area is 229 Å². The highest BCUT2D eigenvalue weighted by molar-refractivity contribution is 7.20. The van der Waals surface area contributed by atoms with Gasteiger partial charge in [0.15, 0.2) is 5.13 Å². The maximum Gasteiger partial charge on any atom is 0.195 e. The molecule has 1 aliphatic rings. The van der Waals surface area contributed by atoms with Gasteiger partial charge in [0.25, 0.3) is 0 Å². The fourth-order valence-electron chi connectivity index (χ4n) is 6.73. The van der Waals surface area contributed by atoms with Crippen molar-refractivity contribution in [3.05, 3.63) is 144 Å². The third kappa shape index (κ3) is 2.88. The van der Waals surface area contributed by atoms with E-state index in [0.29, 0.717) is 0 Å². The van der Waals surface area contributed by atoms with Gasteiger partial charge in [0, 0.05) is 16.7 Å². The highest BCUT2D eigenvalue weighted by atomic mass is 32.1. The van der Waals surface area contributed by atoms with Crippen molar-refractivity contribution >= 4 is 54.1 Å². The summed E-state index contributed by atoms with van der Waals surface area (Å²) in [5, 5.41) is 6.20. The fraction of sp³-hybridized carbons (Fsp3) is 0.0278. The van der Waals surface area contributed by atoms with Crippen LogP contribution in [0.15, 0.2) is 127 Å². The van der Waals surface area contributed by atoms with E-state index in [9.17, 15) is 0 Å². The second-order valence-corrected chi connectivity index (χ2v) is 11.3. The lowest BCUT2D eigenvalue weighted by Crippen LogP contribution is -1.98. The van der Waals surface area contributed by atoms with Crippen LogP contribution in [0.1, 0.15) is 22.6 Å². The quantitative estimate of drug-likeness (QED) is 0.224. The maximum atomic E-state index is 5.08. The Hall–Kier alpha value is -4.73. The predicted octanol–water partition coefficient (Wildman–Crippen LogP) is 9.71.